The standard InChI is InChI=1S/C19H34N4O3.HI/c1-3-20-19(23-13-9-16(10-14-23)18(25)26-2)22-12-11-21-17(24)15-7-5-4-6-8-15;/h15-16H,3-14H2,1-2H3,(H,20,22)(H,21,24);1H. The number of carbonyl (C=O) groups is 2. The van der Waals surface area contributed by atoms with E-state index in [-0.39, 0.29) is 47.7 Å². The van der Waals surface area contributed by atoms with Gasteiger partial charge in [-0.05, 0) is 32.6 Å². The number of guanidine groups is 1. The Balaban J connectivity index is 0.00000364. The molecule has 27 heavy (non-hydrogen) atoms. The smallest absolute Gasteiger partial charge is 0.308 e. The molecule has 8 heteroatoms. The summed E-state index contributed by atoms with van der Waals surface area (Å²) in [6.07, 6.45) is 7.21. The first kappa shape index (κ1) is 24.0. The minimum Gasteiger partial charge on any atom is -0.469 e. The summed E-state index contributed by atoms with van der Waals surface area (Å²) >= 11 is 0. The molecular formula is C19H35IN4O3. The van der Waals surface area contributed by atoms with Gasteiger partial charge in [0.25, 0.3) is 0 Å². The van der Waals surface area contributed by atoms with Crippen molar-refractivity contribution in [2.24, 2.45) is 16.8 Å². The van der Waals surface area contributed by atoms with Gasteiger partial charge in [-0.15, -0.1) is 24.0 Å². The first-order valence-electron chi connectivity index (χ1n) is 10.0. The van der Waals surface area contributed by atoms with Crippen molar-refractivity contribution in [3.63, 3.8) is 0 Å². The molecule has 1 aliphatic heterocycles. The summed E-state index contributed by atoms with van der Waals surface area (Å²) in [5, 5.41) is 6.34. The van der Waals surface area contributed by atoms with E-state index >= 15 is 0 Å². The number of nitrogens with zero attached hydrogens (tertiary/aromatic N) is 2. The third-order valence-corrected chi connectivity index (χ3v) is 5.31. The Hall–Kier alpha value is -1.06. The van der Waals surface area contributed by atoms with Crippen molar-refractivity contribution in [2.75, 3.05) is 39.8 Å². The van der Waals surface area contributed by atoms with E-state index in [9.17, 15) is 9.59 Å². The van der Waals surface area contributed by atoms with Gasteiger partial charge in [0.05, 0.1) is 19.6 Å². The molecule has 0 aromatic carbocycles. The van der Waals surface area contributed by atoms with Crippen LogP contribution in [0.5, 0.6) is 0 Å². The van der Waals surface area contributed by atoms with Crippen molar-refractivity contribution >= 4 is 41.8 Å². The number of rotatable bonds is 6. The van der Waals surface area contributed by atoms with Crippen LogP contribution in [0.15, 0.2) is 4.99 Å². The highest BCUT2D eigenvalue weighted by Crippen LogP contribution is 2.23. The number of hydrogen-bond donors (Lipinski definition) is 2. The largest absolute Gasteiger partial charge is 0.469 e. The Morgan fingerprint density at radius 2 is 1.70 bits per heavy atom. The normalized spacial score (nSPS) is 19.2. The lowest BCUT2D eigenvalue weighted by atomic mass is 9.89. The SMILES string of the molecule is CCNC(=NCCNC(=O)C1CCCCC1)N1CCC(C(=O)OC)CC1.I. The average Bonchev–Trinajstić information content (AvgIpc) is 2.70. The van der Waals surface area contributed by atoms with Crippen molar-refractivity contribution in [1.29, 1.82) is 0 Å². The molecule has 0 aromatic heterocycles. The molecule has 2 aliphatic rings. The number of amides is 1. The minimum absolute atomic E-state index is 0. The first-order valence-corrected chi connectivity index (χ1v) is 10.0. The number of halogens is 1. The fourth-order valence-corrected chi connectivity index (χ4v) is 3.77. The van der Waals surface area contributed by atoms with Crippen LogP contribution in [0.25, 0.3) is 0 Å². The molecule has 2 rings (SSSR count). The number of methoxy groups -OCH3 is 1. The van der Waals surface area contributed by atoms with Crippen LogP contribution in [-0.4, -0.2) is 62.6 Å². The highest BCUT2D eigenvalue weighted by Gasteiger charge is 2.27. The van der Waals surface area contributed by atoms with Gasteiger partial charge < -0.3 is 20.3 Å². The molecule has 2 fully saturated rings. The second kappa shape index (κ2) is 13.2. The first-order chi connectivity index (χ1) is 12.7. The number of hydrogen-bond acceptors (Lipinski definition) is 4. The number of esters is 1. The van der Waals surface area contributed by atoms with Crippen molar-refractivity contribution in [3.05, 3.63) is 0 Å². The molecule has 1 heterocycles. The zero-order valence-electron chi connectivity index (χ0n) is 16.7. The van der Waals surface area contributed by atoms with Crippen LogP contribution in [0.3, 0.4) is 0 Å². The predicted octanol–water partition coefficient (Wildman–Crippen LogP) is 2.15. The molecule has 1 amide bonds. The van der Waals surface area contributed by atoms with Crippen LogP contribution in [0.2, 0.25) is 0 Å². The summed E-state index contributed by atoms with van der Waals surface area (Å²) in [5.41, 5.74) is 0. The molecular weight excluding hydrogens is 459 g/mol. The summed E-state index contributed by atoms with van der Waals surface area (Å²) in [5.74, 6) is 1.12. The molecule has 0 atom stereocenters. The predicted molar refractivity (Wildman–Crippen MR) is 117 cm³/mol. The van der Waals surface area contributed by atoms with Crippen molar-refractivity contribution < 1.29 is 14.3 Å². The molecule has 2 N–H and O–H groups in total. The Bertz CT molecular complexity index is 487. The number of piperidine rings is 1. The van der Waals surface area contributed by atoms with Crippen LogP contribution in [0.1, 0.15) is 51.9 Å². The summed E-state index contributed by atoms with van der Waals surface area (Å²) in [6.45, 7) is 5.56. The molecule has 0 unspecified atom stereocenters. The molecule has 1 aliphatic carbocycles. The van der Waals surface area contributed by atoms with Gasteiger partial charge in [-0.2, -0.15) is 0 Å². The molecule has 0 bridgehead atoms. The Morgan fingerprint density at radius 3 is 2.30 bits per heavy atom. The van der Waals surface area contributed by atoms with Gasteiger partial charge in [-0.1, -0.05) is 19.3 Å². The maximum Gasteiger partial charge on any atom is 0.308 e. The van der Waals surface area contributed by atoms with Gasteiger partial charge in [-0.25, -0.2) is 0 Å². The highest BCUT2D eigenvalue weighted by molar-refractivity contribution is 14.0. The average molecular weight is 494 g/mol. The molecule has 0 spiro atoms. The maximum absolute atomic E-state index is 12.2. The highest BCUT2D eigenvalue weighted by atomic mass is 127. The molecule has 156 valence electrons. The van der Waals surface area contributed by atoms with E-state index in [1.54, 1.807) is 0 Å². The van der Waals surface area contributed by atoms with Gasteiger partial charge in [0.15, 0.2) is 5.96 Å². The van der Waals surface area contributed by atoms with Gasteiger partial charge in [0, 0.05) is 32.1 Å². The molecule has 7 nitrogen and oxygen atoms in total. The fourth-order valence-electron chi connectivity index (χ4n) is 3.77. The number of aliphatic imine (C=N–C) groups is 1. The van der Waals surface area contributed by atoms with E-state index in [1.165, 1.54) is 26.4 Å². The second-order valence-corrected chi connectivity index (χ2v) is 7.15. The van der Waals surface area contributed by atoms with Gasteiger partial charge >= 0.3 is 5.97 Å². The minimum atomic E-state index is -0.114. The van der Waals surface area contributed by atoms with E-state index in [4.69, 9.17) is 4.74 Å². The fraction of sp³-hybridized carbons (Fsp3) is 0.842. The van der Waals surface area contributed by atoms with Crippen LogP contribution >= 0.6 is 24.0 Å². The molecule has 1 saturated heterocycles. The lowest BCUT2D eigenvalue weighted by molar-refractivity contribution is -0.146. The van der Waals surface area contributed by atoms with Crippen molar-refractivity contribution in [2.45, 2.75) is 51.9 Å². The van der Waals surface area contributed by atoms with Crippen molar-refractivity contribution in [3.8, 4) is 0 Å². The topological polar surface area (TPSA) is 83.0 Å². The quantitative estimate of drug-likeness (QED) is 0.195. The third-order valence-electron chi connectivity index (χ3n) is 5.31. The van der Waals surface area contributed by atoms with Crippen LogP contribution in [0.4, 0.5) is 0 Å². The van der Waals surface area contributed by atoms with E-state index in [1.807, 2.05) is 6.92 Å². The lowest BCUT2D eigenvalue weighted by Crippen LogP contribution is -2.47. The van der Waals surface area contributed by atoms with E-state index in [0.717, 1.165) is 51.3 Å². The monoisotopic (exact) mass is 494 g/mol. The molecule has 1 saturated carbocycles. The number of ether oxygens (including phenoxy) is 1. The van der Waals surface area contributed by atoms with Crippen LogP contribution in [0, 0.1) is 11.8 Å². The Kier molecular flexibility index (Phi) is 11.7. The molecule has 0 radical (unpaired) electrons. The third kappa shape index (κ3) is 7.83. The number of nitrogens with one attached hydrogen (secondary N) is 2. The zero-order chi connectivity index (χ0) is 18.8. The number of carbonyl (C=O) groups excluding carboxylic acids is 2. The number of likely N-dealkylation sites (tertiary alicyclic amines) is 1. The summed E-state index contributed by atoms with van der Waals surface area (Å²) < 4.78 is 4.84. The zero-order valence-corrected chi connectivity index (χ0v) is 19.0. The van der Waals surface area contributed by atoms with Crippen LogP contribution < -0.4 is 10.6 Å². The van der Waals surface area contributed by atoms with E-state index in [0.29, 0.717) is 13.1 Å². The van der Waals surface area contributed by atoms with Gasteiger partial charge in [-0.3, -0.25) is 14.6 Å². The Morgan fingerprint density at radius 1 is 1.04 bits per heavy atom. The van der Waals surface area contributed by atoms with Gasteiger partial charge in [0.2, 0.25) is 5.91 Å². The summed E-state index contributed by atoms with van der Waals surface area (Å²) in [7, 11) is 1.45. The summed E-state index contributed by atoms with van der Waals surface area (Å²) in [6, 6.07) is 0. The lowest BCUT2D eigenvalue weighted by Gasteiger charge is -2.33. The van der Waals surface area contributed by atoms with Crippen LogP contribution in [-0.2, 0) is 14.3 Å². The van der Waals surface area contributed by atoms with Crippen molar-refractivity contribution in [1.82, 2.24) is 15.5 Å². The molecule has 0 aromatic rings. The second-order valence-electron chi connectivity index (χ2n) is 7.15. The van der Waals surface area contributed by atoms with Gasteiger partial charge in [0.1, 0.15) is 0 Å². The summed E-state index contributed by atoms with van der Waals surface area (Å²) in [4.78, 5) is 30.6. The van der Waals surface area contributed by atoms with E-state index < -0.39 is 0 Å². The Labute approximate surface area is 180 Å². The van der Waals surface area contributed by atoms with E-state index in [2.05, 4.69) is 20.5 Å². The maximum atomic E-state index is 12.2.